The number of ketones is 1. The van der Waals surface area contributed by atoms with Gasteiger partial charge in [-0.3, -0.25) is 14.6 Å². The zero-order chi connectivity index (χ0) is 19.5. The summed E-state index contributed by atoms with van der Waals surface area (Å²) in [6.45, 7) is 0.512. The average molecular weight is 370 g/mol. The van der Waals surface area contributed by atoms with E-state index in [0.717, 1.165) is 27.8 Å². The molecular formula is C22H18N4O2. The van der Waals surface area contributed by atoms with Gasteiger partial charge in [-0.2, -0.15) is 10.2 Å². The van der Waals surface area contributed by atoms with Crippen LogP contribution in [-0.2, 0) is 17.8 Å². The number of Topliss-reactive ketones (excluding diaryl/α,β-unsaturated/α-hetero) is 1. The summed E-state index contributed by atoms with van der Waals surface area (Å²) in [6.07, 6.45) is 3.32. The highest BCUT2D eigenvalue weighted by atomic mass is 16.1. The van der Waals surface area contributed by atoms with Crippen molar-refractivity contribution in [2.75, 3.05) is 7.05 Å². The van der Waals surface area contributed by atoms with Gasteiger partial charge in [-0.15, -0.1) is 0 Å². The van der Waals surface area contributed by atoms with E-state index in [1.165, 1.54) is 12.4 Å². The first-order chi connectivity index (χ1) is 13.7. The maximum atomic E-state index is 12.3. The number of aliphatic imine (C=N–C) groups is 1. The molecule has 0 aliphatic carbocycles. The fourth-order valence-electron chi connectivity index (χ4n) is 3.26. The highest BCUT2D eigenvalue weighted by Gasteiger charge is 2.21. The molecule has 2 heterocycles. The summed E-state index contributed by atoms with van der Waals surface area (Å²) >= 11 is 0. The predicted molar refractivity (Wildman–Crippen MR) is 106 cm³/mol. The number of nitrogens with one attached hydrogen (secondary N) is 1. The quantitative estimate of drug-likeness (QED) is 0.700. The molecule has 1 aromatic heterocycles. The monoisotopic (exact) mass is 370 g/mol. The van der Waals surface area contributed by atoms with Crippen LogP contribution in [0.5, 0.6) is 0 Å². The van der Waals surface area contributed by atoms with E-state index in [9.17, 15) is 9.59 Å². The number of hydrogen-bond acceptors (Lipinski definition) is 5. The van der Waals surface area contributed by atoms with Gasteiger partial charge in [0, 0.05) is 24.6 Å². The minimum Gasteiger partial charge on any atom is -0.354 e. The standard InChI is InChI=1S/C22H18N4O2/c1-23-22(28)21-19-7-6-16(11-18(19)12-24-21)15-4-2-14(3-5-15)10-20(27)17-8-9-25-26-13-17/h2-9,11,13H,10,12H2,1H3,(H,23,28). The van der Waals surface area contributed by atoms with Gasteiger partial charge in [-0.05, 0) is 34.4 Å². The van der Waals surface area contributed by atoms with Crippen molar-refractivity contribution in [3.05, 3.63) is 83.2 Å². The minimum atomic E-state index is -0.162. The lowest BCUT2D eigenvalue weighted by Gasteiger charge is -2.08. The number of amides is 1. The summed E-state index contributed by atoms with van der Waals surface area (Å²) in [7, 11) is 1.61. The zero-order valence-corrected chi connectivity index (χ0v) is 15.3. The first-order valence-electron chi connectivity index (χ1n) is 8.95. The van der Waals surface area contributed by atoms with Crippen LogP contribution in [0, 0.1) is 0 Å². The molecule has 1 amide bonds. The van der Waals surface area contributed by atoms with Crippen LogP contribution in [0.4, 0.5) is 0 Å². The first kappa shape index (κ1) is 17.7. The number of carbonyl (C=O) groups excluding carboxylic acids is 2. The molecule has 0 bridgehead atoms. The van der Waals surface area contributed by atoms with E-state index in [1.54, 1.807) is 13.1 Å². The van der Waals surface area contributed by atoms with Crippen molar-refractivity contribution in [3.8, 4) is 11.1 Å². The molecule has 0 saturated carbocycles. The molecule has 0 unspecified atom stereocenters. The van der Waals surface area contributed by atoms with Crippen LogP contribution in [0.3, 0.4) is 0 Å². The van der Waals surface area contributed by atoms with Gasteiger partial charge in [0.25, 0.3) is 5.91 Å². The van der Waals surface area contributed by atoms with Gasteiger partial charge in [0.15, 0.2) is 5.78 Å². The molecule has 0 saturated heterocycles. The van der Waals surface area contributed by atoms with Crippen LogP contribution in [0.25, 0.3) is 11.1 Å². The van der Waals surface area contributed by atoms with E-state index in [2.05, 4.69) is 26.6 Å². The van der Waals surface area contributed by atoms with Gasteiger partial charge in [-0.25, -0.2) is 0 Å². The number of likely N-dealkylation sites (N-methyl/N-ethyl adjacent to an activating group) is 1. The largest absolute Gasteiger partial charge is 0.354 e. The van der Waals surface area contributed by atoms with E-state index >= 15 is 0 Å². The molecule has 28 heavy (non-hydrogen) atoms. The van der Waals surface area contributed by atoms with Crippen LogP contribution >= 0.6 is 0 Å². The summed E-state index contributed by atoms with van der Waals surface area (Å²) in [5.74, 6) is -0.149. The molecule has 1 aliphatic heterocycles. The van der Waals surface area contributed by atoms with Gasteiger partial charge >= 0.3 is 0 Å². The third kappa shape index (κ3) is 3.44. The van der Waals surface area contributed by atoms with Gasteiger partial charge < -0.3 is 5.32 Å². The van der Waals surface area contributed by atoms with Crippen molar-refractivity contribution in [2.24, 2.45) is 4.99 Å². The second kappa shape index (κ2) is 7.52. The Bertz CT molecular complexity index is 1070. The predicted octanol–water partition coefficient (Wildman–Crippen LogP) is 2.62. The molecule has 1 N–H and O–H groups in total. The maximum absolute atomic E-state index is 12.3. The lowest BCUT2D eigenvalue weighted by atomic mass is 9.96. The summed E-state index contributed by atoms with van der Waals surface area (Å²) < 4.78 is 0. The molecule has 3 aromatic rings. The van der Waals surface area contributed by atoms with Crippen LogP contribution < -0.4 is 5.32 Å². The SMILES string of the molecule is CNC(=O)C1=NCc2cc(-c3ccc(CC(=O)c4ccnnc4)cc3)ccc21. The summed E-state index contributed by atoms with van der Waals surface area (Å²) in [4.78, 5) is 28.5. The number of hydrogen-bond donors (Lipinski definition) is 1. The molecule has 1 aliphatic rings. The number of fused-ring (bicyclic) bond motifs is 1. The number of benzene rings is 2. The molecular weight excluding hydrogens is 352 g/mol. The second-order valence-electron chi connectivity index (χ2n) is 6.54. The lowest BCUT2D eigenvalue weighted by molar-refractivity contribution is -0.114. The molecule has 2 aromatic carbocycles. The molecule has 138 valence electrons. The zero-order valence-electron chi connectivity index (χ0n) is 15.3. The third-order valence-corrected chi connectivity index (χ3v) is 4.77. The Morgan fingerprint density at radius 3 is 2.50 bits per heavy atom. The van der Waals surface area contributed by atoms with Crippen molar-refractivity contribution in [3.63, 3.8) is 0 Å². The van der Waals surface area contributed by atoms with E-state index in [0.29, 0.717) is 24.2 Å². The third-order valence-electron chi connectivity index (χ3n) is 4.77. The molecule has 6 heteroatoms. The molecule has 0 atom stereocenters. The highest BCUT2D eigenvalue weighted by Crippen LogP contribution is 2.27. The Morgan fingerprint density at radius 2 is 1.79 bits per heavy atom. The van der Waals surface area contributed by atoms with Gasteiger partial charge in [0.1, 0.15) is 5.71 Å². The van der Waals surface area contributed by atoms with Crippen molar-refractivity contribution in [1.29, 1.82) is 0 Å². The Kier molecular flexibility index (Phi) is 4.76. The van der Waals surface area contributed by atoms with Crippen molar-refractivity contribution >= 4 is 17.4 Å². The lowest BCUT2D eigenvalue weighted by Crippen LogP contribution is -2.27. The second-order valence-corrected chi connectivity index (χ2v) is 6.54. The number of rotatable bonds is 5. The van der Waals surface area contributed by atoms with Gasteiger partial charge in [-0.1, -0.05) is 36.4 Å². The highest BCUT2D eigenvalue weighted by molar-refractivity contribution is 6.46. The molecule has 4 rings (SSSR count). The first-order valence-corrected chi connectivity index (χ1v) is 8.95. The average Bonchev–Trinajstić information content (AvgIpc) is 3.17. The Morgan fingerprint density at radius 1 is 1.00 bits per heavy atom. The fraction of sp³-hybridized carbons (Fsp3) is 0.136. The van der Waals surface area contributed by atoms with Crippen LogP contribution in [0.15, 0.2) is 65.9 Å². The van der Waals surface area contributed by atoms with Crippen molar-refractivity contribution in [2.45, 2.75) is 13.0 Å². The van der Waals surface area contributed by atoms with E-state index in [-0.39, 0.29) is 11.7 Å². The summed E-state index contributed by atoms with van der Waals surface area (Å²) in [5.41, 5.74) is 6.03. The molecule has 0 fully saturated rings. The normalized spacial score (nSPS) is 12.2. The summed E-state index contributed by atoms with van der Waals surface area (Å²) in [6, 6.07) is 15.6. The summed E-state index contributed by atoms with van der Waals surface area (Å²) in [5, 5.41) is 10.1. The minimum absolute atomic E-state index is 0.0130. The Balaban J connectivity index is 1.51. The van der Waals surface area contributed by atoms with E-state index < -0.39 is 0 Å². The van der Waals surface area contributed by atoms with Gasteiger partial charge in [0.2, 0.25) is 0 Å². The van der Waals surface area contributed by atoms with Crippen molar-refractivity contribution in [1.82, 2.24) is 15.5 Å². The fourth-order valence-corrected chi connectivity index (χ4v) is 3.26. The Labute approximate surface area is 162 Å². The molecule has 6 nitrogen and oxygen atoms in total. The number of aromatic nitrogens is 2. The van der Waals surface area contributed by atoms with Gasteiger partial charge in [0.05, 0.1) is 18.9 Å². The smallest absolute Gasteiger partial charge is 0.269 e. The van der Waals surface area contributed by atoms with Crippen LogP contribution in [0.1, 0.15) is 27.0 Å². The number of nitrogens with zero attached hydrogens (tertiary/aromatic N) is 3. The van der Waals surface area contributed by atoms with E-state index in [4.69, 9.17) is 0 Å². The Hall–Kier alpha value is -3.67. The van der Waals surface area contributed by atoms with E-state index in [1.807, 2.05) is 36.4 Å². The molecule has 0 spiro atoms. The van der Waals surface area contributed by atoms with Crippen molar-refractivity contribution < 1.29 is 9.59 Å². The molecule has 0 radical (unpaired) electrons. The topological polar surface area (TPSA) is 84.3 Å². The van der Waals surface area contributed by atoms with Crippen LogP contribution in [0.2, 0.25) is 0 Å². The van der Waals surface area contributed by atoms with Crippen LogP contribution in [-0.4, -0.2) is 34.6 Å². The number of carbonyl (C=O) groups is 2. The maximum Gasteiger partial charge on any atom is 0.269 e.